The summed E-state index contributed by atoms with van der Waals surface area (Å²) in [6.45, 7) is 0.322. The molecule has 1 fully saturated rings. The topological polar surface area (TPSA) is 126 Å². The third-order valence-electron chi connectivity index (χ3n) is 5.88. The summed E-state index contributed by atoms with van der Waals surface area (Å²) >= 11 is 12.3. The van der Waals surface area contributed by atoms with E-state index in [1.807, 2.05) is 0 Å². The van der Waals surface area contributed by atoms with Gasteiger partial charge in [0.05, 0.1) is 28.5 Å². The van der Waals surface area contributed by atoms with Crippen molar-refractivity contribution >= 4 is 60.5 Å². The third kappa shape index (κ3) is 6.79. The molecule has 1 aromatic heterocycles. The zero-order chi connectivity index (χ0) is 26.6. The summed E-state index contributed by atoms with van der Waals surface area (Å²) < 4.78 is 55.0. The Morgan fingerprint density at radius 3 is 2.32 bits per heavy atom. The highest BCUT2D eigenvalue weighted by molar-refractivity contribution is 7.92. The molecule has 3 aromatic rings. The largest absolute Gasteiger partial charge is 0.326 e. The molecule has 1 saturated heterocycles. The summed E-state index contributed by atoms with van der Waals surface area (Å²) in [6, 6.07) is 13.7. The highest BCUT2D eigenvalue weighted by atomic mass is 35.5. The van der Waals surface area contributed by atoms with E-state index in [0.717, 1.165) is 0 Å². The van der Waals surface area contributed by atoms with E-state index >= 15 is 0 Å². The first kappa shape index (κ1) is 27.3. The molecule has 0 spiro atoms. The summed E-state index contributed by atoms with van der Waals surface area (Å²) in [5.41, 5.74) is 1.05. The van der Waals surface area contributed by atoms with Gasteiger partial charge in [-0.1, -0.05) is 29.3 Å². The van der Waals surface area contributed by atoms with Gasteiger partial charge in [0.1, 0.15) is 0 Å². The van der Waals surface area contributed by atoms with Gasteiger partial charge in [-0.15, -0.1) is 0 Å². The Morgan fingerprint density at radius 2 is 1.68 bits per heavy atom. The Balaban J connectivity index is 1.39. The van der Waals surface area contributed by atoms with Crippen molar-refractivity contribution < 1.29 is 21.6 Å². The molecule has 1 aliphatic rings. The van der Waals surface area contributed by atoms with E-state index in [1.165, 1.54) is 41.0 Å². The molecule has 0 saturated carbocycles. The maximum absolute atomic E-state index is 13.1. The predicted molar refractivity (Wildman–Crippen MR) is 143 cm³/mol. The zero-order valence-corrected chi connectivity index (χ0v) is 22.6. The molecule has 2 aromatic carbocycles. The van der Waals surface area contributed by atoms with Crippen molar-refractivity contribution in [3.8, 4) is 0 Å². The van der Waals surface area contributed by atoms with E-state index < -0.39 is 26.0 Å². The standard InChI is InChI=1S/C24H24Cl2N4O5S2/c25-22-6-1-7-23(26)21(22)16-36(32,33)30-13-3-4-17(15-30)24(31)28-18-8-10-20(11-9-18)37(34,35)29-19-5-2-12-27-14-19/h1-2,5-12,14,17,29H,3-4,13,15-16H2,(H,28,31)/t17-/m1/s1. The van der Waals surface area contributed by atoms with Crippen LogP contribution in [0.15, 0.2) is 71.9 Å². The van der Waals surface area contributed by atoms with E-state index in [9.17, 15) is 21.6 Å². The normalized spacial score (nSPS) is 16.8. The summed E-state index contributed by atoms with van der Waals surface area (Å²) in [4.78, 5) is 16.8. The number of pyridine rings is 1. The van der Waals surface area contributed by atoms with Gasteiger partial charge >= 0.3 is 0 Å². The van der Waals surface area contributed by atoms with Crippen LogP contribution in [0, 0.1) is 5.92 Å². The number of hydrogen-bond acceptors (Lipinski definition) is 6. The number of nitrogens with one attached hydrogen (secondary N) is 2. The number of carbonyl (C=O) groups excluding carboxylic acids is 1. The Labute approximate surface area is 225 Å². The minimum atomic E-state index is -3.83. The van der Waals surface area contributed by atoms with Gasteiger partial charge < -0.3 is 5.32 Å². The number of piperidine rings is 1. The SMILES string of the molecule is O=C(Nc1ccc(S(=O)(=O)Nc2cccnc2)cc1)[C@@H]1CCCN(S(=O)(=O)Cc2c(Cl)cccc2Cl)C1. The van der Waals surface area contributed by atoms with Gasteiger partial charge in [-0.25, -0.2) is 21.1 Å². The first-order valence-electron chi connectivity index (χ1n) is 11.3. The van der Waals surface area contributed by atoms with Crippen LogP contribution in [0.2, 0.25) is 10.0 Å². The smallest absolute Gasteiger partial charge is 0.261 e. The fraction of sp³-hybridized carbons (Fsp3) is 0.250. The van der Waals surface area contributed by atoms with Crippen molar-refractivity contribution in [2.24, 2.45) is 5.92 Å². The maximum Gasteiger partial charge on any atom is 0.261 e. The average molecular weight is 584 g/mol. The number of sulfonamides is 2. The number of benzene rings is 2. The van der Waals surface area contributed by atoms with Crippen LogP contribution in [0.4, 0.5) is 11.4 Å². The highest BCUT2D eigenvalue weighted by Crippen LogP contribution is 2.29. The summed E-state index contributed by atoms with van der Waals surface area (Å²) in [6.07, 6.45) is 3.96. The Kier molecular flexibility index (Phi) is 8.39. The van der Waals surface area contributed by atoms with E-state index in [2.05, 4.69) is 15.0 Å². The summed E-state index contributed by atoms with van der Waals surface area (Å²) in [5, 5.41) is 3.29. The van der Waals surface area contributed by atoms with Gasteiger partial charge in [-0.05, 0) is 61.4 Å². The second-order valence-electron chi connectivity index (χ2n) is 8.51. The van der Waals surface area contributed by atoms with Crippen molar-refractivity contribution in [3.05, 3.63) is 82.6 Å². The third-order valence-corrected chi connectivity index (χ3v) is 9.76. The van der Waals surface area contributed by atoms with Crippen LogP contribution in [0.5, 0.6) is 0 Å². The summed E-state index contributed by atoms with van der Waals surface area (Å²) in [7, 11) is -7.59. The molecule has 196 valence electrons. The van der Waals surface area contributed by atoms with Crippen molar-refractivity contribution in [2.75, 3.05) is 23.1 Å². The fourth-order valence-corrected chi connectivity index (χ4v) is 7.36. The van der Waals surface area contributed by atoms with Gasteiger partial charge in [0, 0.05) is 40.6 Å². The molecule has 2 N–H and O–H groups in total. The van der Waals surface area contributed by atoms with Crippen LogP contribution in [0.1, 0.15) is 18.4 Å². The molecular formula is C24H24Cl2N4O5S2. The summed E-state index contributed by atoms with van der Waals surface area (Å²) in [5.74, 6) is -1.27. The van der Waals surface area contributed by atoms with Crippen molar-refractivity contribution in [1.82, 2.24) is 9.29 Å². The molecule has 0 bridgehead atoms. The lowest BCUT2D eigenvalue weighted by Crippen LogP contribution is -2.44. The number of nitrogens with zero attached hydrogens (tertiary/aromatic N) is 2. The predicted octanol–water partition coefficient (Wildman–Crippen LogP) is 4.37. The molecule has 0 radical (unpaired) electrons. The van der Waals surface area contributed by atoms with Gasteiger partial charge in [0.15, 0.2) is 0 Å². The number of carbonyl (C=O) groups is 1. The molecule has 4 rings (SSSR count). The number of aromatic nitrogens is 1. The van der Waals surface area contributed by atoms with Crippen molar-refractivity contribution in [2.45, 2.75) is 23.5 Å². The molecule has 0 aliphatic carbocycles. The van der Waals surface area contributed by atoms with Gasteiger partial charge in [0.2, 0.25) is 15.9 Å². The van der Waals surface area contributed by atoms with Gasteiger partial charge in [0.25, 0.3) is 10.0 Å². The lowest BCUT2D eigenvalue weighted by molar-refractivity contribution is -0.120. The van der Waals surface area contributed by atoms with E-state index in [-0.39, 0.29) is 33.1 Å². The Hall–Kier alpha value is -2.70. The quantitative estimate of drug-likeness (QED) is 0.406. The lowest BCUT2D eigenvalue weighted by atomic mass is 9.99. The van der Waals surface area contributed by atoms with Crippen molar-refractivity contribution in [3.63, 3.8) is 0 Å². The number of anilines is 2. The first-order valence-corrected chi connectivity index (χ1v) is 15.1. The number of hydrogen-bond donors (Lipinski definition) is 2. The molecule has 2 heterocycles. The molecule has 13 heteroatoms. The molecule has 9 nitrogen and oxygen atoms in total. The van der Waals surface area contributed by atoms with E-state index in [0.29, 0.717) is 36.3 Å². The number of halogens is 2. The molecular weight excluding hydrogens is 559 g/mol. The second-order valence-corrected chi connectivity index (χ2v) is 13.0. The van der Waals surface area contributed by atoms with Gasteiger partial charge in [-0.3, -0.25) is 14.5 Å². The Morgan fingerprint density at radius 1 is 0.973 bits per heavy atom. The van der Waals surface area contributed by atoms with Crippen molar-refractivity contribution in [1.29, 1.82) is 0 Å². The lowest BCUT2D eigenvalue weighted by Gasteiger charge is -2.31. The minimum absolute atomic E-state index is 0.0162. The Bertz CT molecular complexity index is 1470. The van der Waals surface area contributed by atoms with E-state index in [1.54, 1.807) is 30.3 Å². The van der Waals surface area contributed by atoms with E-state index in [4.69, 9.17) is 23.2 Å². The monoisotopic (exact) mass is 582 g/mol. The molecule has 37 heavy (non-hydrogen) atoms. The number of amides is 1. The maximum atomic E-state index is 13.1. The number of rotatable bonds is 8. The highest BCUT2D eigenvalue weighted by Gasteiger charge is 2.33. The molecule has 1 amide bonds. The van der Waals surface area contributed by atoms with Crippen LogP contribution < -0.4 is 10.0 Å². The zero-order valence-electron chi connectivity index (χ0n) is 19.5. The molecule has 1 aliphatic heterocycles. The van der Waals surface area contributed by atoms with Gasteiger partial charge in [-0.2, -0.15) is 0 Å². The second kappa shape index (κ2) is 11.4. The average Bonchev–Trinajstić information content (AvgIpc) is 2.87. The van der Waals surface area contributed by atoms with Crippen LogP contribution >= 0.6 is 23.2 Å². The molecule has 1 atom stereocenters. The molecule has 0 unspecified atom stereocenters. The fourth-order valence-electron chi connectivity index (χ4n) is 3.95. The van der Waals surface area contributed by atoms with Crippen LogP contribution in [0.25, 0.3) is 0 Å². The van der Waals surface area contributed by atoms with Crippen LogP contribution in [0.3, 0.4) is 0 Å². The first-order chi connectivity index (χ1) is 17.5. The van der Waals surface area contributed by atoms with Crippen LogP contribution in [-0.2, 0) is 30.6 Å². The van der Waals surface area contributed by atoms with Crippen LogP contribution in [-0.4, -0.2) is 45.1 Å². The minimum Gasteiger partial charge on any atom is -0.326 e.